The molecule has 6 fully saturated rings. The molecule has 0 unspecified atom stereocenters. The summed E-state index contributed by atoms with van der Waals surface area (Å²) in [6, 6.07) is 18.1. The van der Waals surface area contributed by atoms with Gasteiger partial charge in [-0.1, -0.05) is 92.3 Å². The number of H-pyrrole nitrogens is 1. The van der Waals surface area contributed by atoms with Crippen molar-refractivity contribution in [2.75, 3.05) is 45.1 Å². The summed E-state index contributed by atoms with van der Waals surface area (Å²) < 4.78 is 124. The summed E-state index contributed by atoms with van der Waals surface area (Å²) in [6.07, 6.45) is 3.46. The van der Waals surface area contributed by atoms with Crippen molar-refractivity contribution in [2.45, 2.75) is 265 Å². The number of rotatable bonds is 34. The van der Waals surface area contributed by atoms with Gasteiger partial charge in [-0.2, -0.15) is 25.3 Å². The summed E-state index contributed by atoms with van der Waals surface area (Å²) in [4.78, 5) is 133. The van der Waals surface area contributed by atoms with Gasteiger partial charge in [0, 0.05) is 83.8 Å². The number of methoxy groups -OCH3 is 3. The normalized spacial score (nSPS) is 21.5. The van der Waals surface area contributed by atoms with Crippen LogP contribution in [0.4, 0.5) is 10.3 Å². The van der Waals surface area contributed by atoms with E-state index in [-0.39, 0.29) is 86.4 Å². The van der Waals surface area contributed by atoms with Crippen LogP contribution in [0.15, 0.2) is 112 Å². The summed E-state index contributed by atoms with van der Waals surface area (Å²) >= 11 is 6.01. The van der Waals surface area contributed by atoms with Crippen molar-refractivity contribution >= 4 is 149 Å². The summed E-state index contributed by atoms with van der Waals surface area (Å²) in [5.41, 5.74) is -4.50. The molecule has 36 nitrogen and oxygen atoms in total. The number of esters is 3. The average molecular weight is 2040 g/mol. The Balaban J connectivity index is 0.000000218. The topological polar surface area (TPSA) is 488 Å². The van der Waals surface area contributed by atoms with Crippen molar-refractivity contribution in [3.8, 4) is 38.7 Å². The highest BCUT2D eigenvalue weighted by atomic mass is 79.9. The van der Waals surface area contributed by atoms with E-state index in [4.69, 9.17) is 41.8 Å². The van der Waals surface area contributed by atoms with Gasteiger partial charge in [0.25, 0.3) is 10.1 Å². The van der Waals surface area contributed by atoms with Crippen LogP contribution in [0.2, 0.25) is 0 Å². The second kappa shape index (κ2) is 41.9. The first-order chi connectivity index (χ1) is 62.5. The van der Waals surface area contributed by atoms with E-state index in [0.29, 0.717) is 83.8 Å². The molecule has 2 saturated heterocycles. The van der Waals surface area contributed by atoms with Crippen molar-refractivity contribution < 1.29 is 105 Å². The first kappa shape index (κ1) is 107. The highest BCUT2D eigenvalue weighted by Gasteiger charge is 2.63. The number of pyridine rings is 2. The minimum absolute atomic E-state index is 0.0302. The minimum atomic E-state index is -4.47. The Morgan fingerprint density at radius 1 is 0.615 bits per heavy atom. The molecular weight excluding hydrogens is 1910 g/mol. The van der Waals surface area contributed by atoms with Crippen LogP contribution < -0.4 is 40.1 Å². The molecule has 3 aromatic carbocycles. The lowest BCUT2D eigenvalue weighted by atomic mass is 9.77. The first-order valence-electron chi connectivity index (χ1n) is 44.3. The van der Waals surface area contributed by atoms with E-state index in [9.17, 15) is 68.4 Å². The largest absolute Gasteiger partial charge is 0.497 e. The number of fused-ring (bicyclic) bond motifs is 2. The number of likely N-dealkylation sites (tertiary alicyclic amines) is 2. The minimum Gasteiger partial charge on any atom is -0.497 e. The molecular formula is C93H125BrN12O24S5. The van der Waals surface area contributed by atoms with Crippen molar-refractivity contribution in [2.24, 2.45) is 50.5 Å². The molecule has 2 aliphatic heterocycles. The number of nitrogens with zero attached hydrogens (tertiary/aromatic N) is 7. The molecule has 13 rings (SSSR count). The van der Waals surface area contributed by atoms with E-state index in [0.717, 1.165) is 23.5 Å². The zero-order chi connectivity index (χ0) is 100. The number of anilines is 2. The van der Waals surface area contributed by atoms with Crippen molar-refractivity contribution in [1.29, 1.82) is 0 Å². The quantitative estimate of drug-likeness (QED) is 0.0108. The number of hydrogen-bond acceptors (Lipinski definition) is 33. The number of nitrogens with one attached hydrogen (secondary N) is 4. The molecule has 42 heteroatoms. The molecule has 0 radical (unpaired) electrons. The molecule has 4 aliphatic carbocycles. The molecule has 4 aromatic heterocycles. The van der Waals surface area contributed by atoms with Crippen LogP contribution in [0.25, 0.3) is 43.2 Å². The zero-order valence-corrected chi connectivity index (χ0v) is 85.8. The number of halogens is 1. The lowest BCUT2D eigenvalue weighted by Crippen LogP contribution is -2.49. The van der Waals surface area contributed by atoms with Gasteiger partial charge >= 0.3 is 38.5 Å². The molecule has 6 heterocycles. The number of ketones is 2. The molecule has 10 atom stereocenters. The van der Waals surface area contributed by atoms with E-state index in [1.807, 2.05) is 75.3 Å². The van der Waals surface area contributed by atoms with Gasteiger partial charge < -0.3 is 53.8 Å². The third-order valence-electron chi connectivity index (χ3n) is 23.5. The fourth-order valence-corrected chi connectivity index (χ4v) is 20.8. The van der Waals surface area contributed by atoms with E-state index in [2.05, 4.69) is 79.1 Å². The molecule has 6 N–H and O–H groups in total. The maximum absolute atomic E-state index is 14.8. The van der Waals surface area contributed by atoms with Crippen LogP contribution in [-0.2, 0) is 95.8 Å². The molecule has 6 aliphatic rings. The monoisotopic (exact) mass is 2030 g/mol. The average Bonchev–Trinajstić information content (AvgIpc) is 1.57. The number of aromatic nitrogens is 6. The summed E-state index contributed by atoms with van der Waals surface area (Å²) in [5.74, 6) is -5.19. The van der Waals surface area contributed by atoms with Crippen molar-refractivity contribution in [3.63, 3.8) is 0 Å². The summed E-state index contributed by atoms with van der Waals surface area (Å²) in [5, 5.41) is 31.7. The summed E-state index contributed by atoms with van der Waals surface area (Å²) in [6.45, 7) is 40.2. The van der Waals surface area contributed by atoms with E-state index < -0.39 is 164 Å². The maximum atomic E-state index is 14.8. The highest BCUT2D eigenvalue weighted by Crippen LogP contribution is 2.59. The van der Waals surface area contributed by atoms with Gasteiger partial charge in [-0.15, -0.1) is 33.6 Å². The standard InChI is InChI=1S/C43H58N6O10S2.C31H42BrNO9S.C15H16N4O2S.C4H9NO3S/c1-12-25-21-43(25,38(53)48-61(54,55)59-42(10)15-16-42)22-33(50)32-18-27(23-49(32)37(52)29(40(4,5)6)19-35(51)58-41(7,8)9)57-34-20-31(36-46-47-39(60-36)44-24(2)3)45-30-17-26(56-11)13-14-28(30)34;1-9-19-16-31(19,28(37)40-8)17-25(34)24-14-21(42-43(38,39)22-12-10-20(32)11-13-22)18-33(24)27(36)23(29(2,3)4)15-26(35)41-30(5,6)7;1-8(2)16-15-19-18-14(22-15)12-7-13(20)10-5-4-9(21-3)6-11(10)17-12;1-4(2-3-4)8-9(5,6)7/h12-14,17,20,24-25,27,29,32H,1,15-16,18-19,21-23H2,2-11H3,(H,44,47)(H,48,53);9-13,19,21,23-24H,1,14-18H2,2-8H3;4-8H,1-3H3,(H,16,19)(H,17,20);2-3H2,1H3,(H2,5,6,7)/t25-,27-,29-,32+,43-;19-,21+,23-,24+,31-;;/m11../s1. The van der Waals surface area contributed by atoms with E-state index in [1.54, 1.807) is 130 Å². The van der Waals surface area contributed by atoms with Crippen LogP contribution in [0.5, 0.6) is 17.2 Å². The number of Topliss-reactive ketones (excluding diaryl/α,β-unsaturated/α-hetero) is 2. The third-order valence-corrected chi connectivity index (χ3v) is 28.9. The van der Waals surface area contributed by atoms with Gasteiger partial charge in [0.15, 0.2) is 27.0 Å². The number of amides is 3. The Labute approximate surface area is 805 Å². The molecule has 738 valence electrons. The van der Waals surface area contributed by atoms with Gasteiger partial charge in [-0.25, -0.2) is 19.0 Å². The fraction of sp³-hybridized carbons (Fsp3) is 0.570. The van der Waals surface area contributed by atoms with Gasteiger partial charge in [0.2, 0.25) is 28.0 Å². The SMILES string of the molecule is C=C[C@@H]1C[C@]1(CC(=O)[C@@H]1C[C@@H](Oc2cc(-c3nnc(NC(C)C)s3)nc3cc(OC)ccc23)CN1C(=O)[C@@H](CC(=O)OC(C)(C)C)C(C)(C)C)C(=O)NS(=O)(=O)OC1(C)CC1.C=C[C@@H]1C[C@]1(CC(=O)[C@@H]1C[C@H](OS(=O)(=O)c2ccc(Br)cc2)CN1C(=O)[C@@H](CC(=O)OC(C)(C)C)C(C)(C)C)C(=O)OC.CC1(OS(N)(=O)=O)CC1.COc1ccc2c(=O)cc(-c3nnc(NC(C)C)s3)[nH]c2c1. The second-order valence-electron chi connectivity index (χ2n) is 40.2. The van der Waals surface area contributed by atoms with Crippen molar-refractivity contribution in [3.05, 3.63) is 113 Å². The Bertz CT molecular complexity index is 6030. The summed E-state index contributed by atoms with van der Waals surface area (Å²) in [7, 11) is -8.02. The molecule has 3 amide bonds. The van der Waals surface area contributed by atoms with Gasteiger partial charge in [0.1, 0.15) is 40.2 Å². The Kier molecular flexibility index (Phi) is 33.3. The molecule has 0 bridgehead atoms. The predicted molar refractivity (Wildman–Crippen MR) is 513 cm³/mol. The van der Waals surface area contributed by atoms with Gasteiger partial charge in [-0.05, 0) is 193 Å². The molecule has 7 aromatic rings. The third kappa shape index (κ3) is 28.7. The number of aromatic amines is 1. The zero-order valence-electron chi connectivity index (χ0n) is 80.1. The number of nitrogens with two attached hydrogens (primary N) is 1. The van der Waals surface area contributed by atoms with Crippen LogP contribution >= 0.6 is 38.6 Å². The maximum Gasteiger partial charge on any atom is 0.362 e. The smallest absolute Gasteiger partial charge is 0.362 e. The number of benzene rings is 3. The van der Waals surface area contributed by atoms with Gasteiger partial charge in [0.05, 0.1) is 114 Å². The van der Waals surface area contributed by atoms with Crippen LogP contribution in [0.1, 0.15) is 202 Å². The number of hydrogen-bond donors (Lipinski definition) is 5. The number of ether oxygens (including phenoxy) is 6. The van der Waals surface area contributed by atoms with Crippen molar-refractivity contribution in [1.82, 2.24) is 44.9 Å². The molecule has 0 spiro atoms. The highest BCUT2D eigenvalue weighted by molar-refractivity contribution is 9.10. The Morgan fingerprint density at radius 3 is 1.54 bits per heavy atom. The Morgan fingerprint density at radius 2 is 1.08 bits per heavy atom. The lowest BCUT2D eigenvalue weighted by molar-refractivity contribution is -0.161. The van der Waals surface area contributed by atoms with Crippen LogP contribution in [0, 0.1) is 45.3 Å². The second-order valence-corrected chi connectivity index (χ2v) is 47.0. The molecule has 135 heavy (non-hydrogen) atoms. The first-order valence-corrected chi connectivity index (χ1v) is 51.0. The van der Waals surface area contributed by atoms with Gasteiger partial charge in [-0.3, -0.25) is 51.5 Å². The Hall–Kier alpha value is -9.79. The predicted octanol–water partition coefficient (Wildman–Crippen LogP) is 13.9. The molecule has 4 saturated carbocycles. The lowest BCUT2D eigenvalue weighted by Gasteiger charge is -2.35. The van der Waals surface area contributed by atoms with E-state index >= 15 is 0 Å². The fourth-order valence-electron chi connectivity index (χ4n) is 15.8. The number of allylic oxidation sites excluding steroid dienone is 2. The van der Waals surface area contributed by atoms with E-state index in [1.165, 1.54) is 57.8 Å². The van der Waals surface area contributed by atoms with Crippen LogP contribution in [0.3, 0.4) is 0 Å². The number of carbonyl (C=O) groups excluding carboxylic acids is 8. The number of carbonyl (C=O) groups is 8. The van der Waals surface area contributed by atoms with Crippen LogP contribution in [-0.4, -0.2) is 206 Å².